The minimum atomic E-state index is -0.736. The van der Waals surface area contributed by atoms with E-state index >= 15 is 0 Å². The van der Waals surface area contributed by atoms with Crippen LogP contribution < -0.4 is 5.32 Å². The van der Waals surface area contributed by atoms with Crippen LogP contribution in [0.1, 0.15) is 15.9 Å². The van der Waals surface area contributed by atoms with E-state index in [4.69, 9.17) is 16.3 Å². The summed E-state index contributed by atoms with van der Waals surface area (Å²) in [7, 11) is 0. The summed E-state index contributed by atoms with van der Waals surface area (Å²) >= 11 is 5.67. The molecule has 0 atom stereocenters. The highest BCUT2D eigenvalue weighted by Crippen LogP contribution is 2.27. The molecule has 0 aliphatic heterocycles. The number of hydrogen-bond acceptors (Lipinski definition) is 4. The van der Waals surface area contributed by atoms with Crippen molar-refractivity contribution in [1.29, 1.82) is 5.26 Å². The third kappa shape index (κ3) is 4.78. The molecule has 3 aromatic carbocycles. The van der Waals surface area contributed by atoms with E-state index < -0.39 is 24.3 Å². The maximum Gasteiger partial charge on any atom is 0.339 e. The number of esters is 1. The standard InChI is InChI=1S/C22H14ClFN2O3/c23-15-9-10-20(19(24)11-15)26-21(27)13-29-22(28)18-8-4-3-7-17(18)16-6-2-1-5-14(16)12-25/h1-11H,13H2,(H,26,27). The highest BCUT2D eigenvalue weighted by molar-refractivity contribution is 6.30. The molecule has 3 rings (SSSR count). The lowest BCUT2D eigenvalue weighted by molar-refractivity contribution is -0.119. The number of hydrogen-bond donors (Lipinski definition) is 1. The maximum atomic E-state index is 13.8. The molecule has 0 aromatic heterocycles. The van der Waals surface area contributed by atoms with Crippen LogP contribution >= 0.6 is 11.6 Å². The maximum absolute atomic E-state index is 13.8. The Hall–Kier alpha value is -3.69. The highest BCUT2D eigenvalue weighted by atomic mass is 35.5. The molecule has 3 aromatic rings. The normalized spacial score (nSPS) is 10.1. The van der Waals surface area contributed by atoms with Gasteiger partial charge in [0.25, 0.3) is 5.91 Å². The van der Waals surface area contributed by atoms with Crippen molar-refractivity contribution in [1.82, 2.24) is 0 Å². The molecule has 29 heavy (non-hydrogen) atoms. The van der Waals surface area contributed by atoms with Gasteiger partial charge in [-0.05, 0) is 35.9 Å². The van der Waals surface area contributed by atoms with E-state index in [-0.39, 0.29) is 16.3 Å². The zero-order valence-corrected chi connectivity index (χ0v) is 15.7. The van der Waals surface area contributed by atoms with E-state index in [1.165, 1.54) is 12.1 Å². The first-order chi connectivity index (χ1) is 14.0. The minimum absolute atomic E-state index is 0.0706. The summed E-state index contributed by atoms with van der Waals surface area (Å²) in [6, 6.07) is 19.4. The third-order valence-corrected chi connectivity index (χ3v) is 4.26. The van der Waals surface area contributed by atoms with E-state index in [0.29, 0.717) is 16.7 Å². The third-order valence-electron chi connectivity index (χ3n) is 4.02. The second-order valence-electron chi connectivity index (χ2n) is 5.95. The summed E-state index contributed by atoms with van der Waals surface area (Å²) < 4.78 is 18.8. The summed E-state index contributed by atoms with van der Waals surface area (Å²) in [6.45, 7) is -0.602. The van der Waals surface area contributed by atoms with Crippen LogP contribution in [0, 0.1) is 17.1 Å². The monoisotopic (exact) mass is 408 g/mol. The van der Waals surface area contributed by atoms with Crippen molar-refractivity contribution in [2.24, 2.45) is 0 Å². The lowest BCUT2D eigenvalue weighted by Crippen LogP contribution is -2.21. The fourth-order valence-electron chi connectivity index (χ4n) is 2.70. The Balaban J connectivity index is 1.73. The molecule has 0 bridgehead atoms. The molecular weight excluding hydrogens is 395 g/mol. The van der Waals surface area contributed by atoms with Gasteiger partial charge in [0.1, 0.15) is 5.82 Å². The fraction of sp³-hybridized carbons (Fsp3) is 0.0455. The van der Waals surface area contributed by atoms with Gasteiger partial charge in [0.05, 0.1) is 22.9 Å². The van der Waals surface area contributed by atoms with Crippen LogP contribution in [0.5, 0.6) is 0 Å². The smallest absolute Gasteiger partial charge is 0.339 e. The number of halogens is 2. The molecule has 0 saturated heterocycles. The highest BCUT2D eigenvalue weighted by Gasteiger charge is 2.17. The Morgan fingerprint density at radius 2 is 1.72 bits per heavy atom. The van der Waals surface area contributed by atoms with Crippen molar-refractivity contribution in [3.05, 3.63) is 88.7 Å². The van der Waals surface area contributed by atoms with E-state index in [1.54, 1.807) is 48.5 Å². The van der Waals surface area contributed by atoms with Crippen molar-refractivity contribution in [3.63, 3.8) is 0 Å². The van der Waals surface area contributed by atoms with Crippen molar-refractivity contribution >= 4 is 29.2 Å². The van der Waals surface area contributed by atoms with Gasteiger partial charge in [0.15, 0.2) is 6.61 Å². The molecule has 0 heterocycles. The summed E-state index contributed by atoms with van der Waals surface area (Å²) in [4.78, 5) is 24.5. The van der Waals surface area contributed by atoms with Crippen LogP contribution in [0.2, 0.25) is 5.02 Å². The zero-order valence-electron chi connectivity index (χ0n) is 15.0. The molecule has 1 N–H and O–H groups in total. The molecule has 0 spiro atoms. The van der Waals surface area contributed by atoms with E-state index in [2.05, 4.69) is 11.4 Å². The van der Waals surface area contributed by atoms with Crippen LogP contribution in [0.3, 0.4) is 0 Å². The van der Waals surface area contributed by atoms with Gasteiger partial charge in [-0.3, -0.25) is 4.79 Å². The lowest BCUT2D eigenvalue weighted by Gasteiger charge is -2.11. The number of nitriles is 1. The summed E-state index contributed by atoms with van der Waals surface area (Å²) in [6.07, 6.45) is 0. The minimum Gasteiger partial charge on any atom is -0.452 e. The fourth-order valence-corrected chi connectivity index (χ4v) is 2.86. The average molecular weight is 409 g/mol. The van der Waals surface area contributed by atoms with Crippen LogP contribution in [0.4, 0.5) is 10.1 Å². The number of amides is 1. The van der Waals surface area contributed by atoms with Crippen LogP contribution in [-0.2, 0) is 9.53 Å². The molecule has 0 aliphatic rings. The van der Waals surface area contributed by atoms with E-state index in [1.807, 2.05) is 0 Å². The van der Waals surface area contributed by atoms with Crippen LogP contribution in [0.15, 0.2) is 66.7 Å². The predicted octanol–water partition coefficient (Wildman–Crippen LogP) is 4.81. The quantitative estimate of drug-likeness (QED) is 0.614. The summed E-state index contributed by atoms with van der Waals surface area (Å²) in [5.74, 6) is -2.13. The Labute approximate surface area is 171 Å². The Bertz CT molecular complexity index is 1130. The summed E-state index contributed by atoms with van der Waals surface area (Å²) in [5.41, 5.74) is 1.64. The molecule has 0 unspecified atom stereocenters. The molecule has 144 valence electrons. The van der Waals surface area contributed by atoms with Crippen LogP contribution in [0.25, 0.3) is 11.1 Å². The molecule has 0 fully saturated rings. The molecule has 0 aliphatic carbocycles. The van der Waals surface area contributed by atoms with Crippen LogP contribution in [-0.4, -0.2) is 18.5 Å². The number of nitrogens with zero attached hydrogens (tertiary/aromatic N) is 1. The second-order valence-corrected chi connectivity index (χ2v) is 6.39. The zero-order chi connectivity index (χ0) is 20.8. The number of nitrogens with one attached hydrogen (secondary N) is 1. The van der Waals surface area contributed by atoms with Gasteiger partial charge in [-0.25, -0.2) is 9.18 Å². The first-order valence-corrected chi connectivity index (χ1v) is 8.88. The topological polar surface area (TPSA) is 79.2 Å². The Morgan fingerprint density at radius 1 is 1.03 bits per heavy atom. The van der Waals surface area contributed by atoms with Crippen molar-refractivity contribution in [2.75, 3.05) is 11.9 Å². The first kappa shape index (κ1) is 20.1. The number of carbonyl (C=O) groups excluding carboxylic acids is 2. The van der Waals surface area contributed by atoms with Crippen molar-refractivity contribution in [2.45, 2.75) is 0 Å². The molecule has 1 amide bonds. The number of benzene rings is 3. The van der Waals surface area contributed by atoms with Gasteiger partial charge < -0.3 is 10.1 Å². The van der Waals surface area contributed by atoms with E-state index in [9.17, 15) is 19.2 Å². The van der Waals surface area contributed by atoms with Crippen molar-refractivity contribution < 1.29 is 18.7 Å². The number of ether oxygens (including phenoxy) is 1. The van der Waals surface area contributed by atoms with Gasteiger partial charge in [0, 0.05) is 10.6 Å². The predicted molar refractivity (Wildman–Crippen MR) is 107 cm³/mol. The summed E-state index contributed by atoms with van der Waals surface area (Å²) in [5, 5.41) is 11.8. The largest absolute Gasteiger partial charge is 0.452 e. The first-order valence-electron chi connectivity index (χ1n) is 8.50. The lowest BCUT2D eigenvalue weighted by atomic mass is 9.96. The van der Waals surface area contributed by atoms with E-state index in [0.717, 1.165) is 6.07 Å². The Kier molecular flexibility index (Phi) is 6.22. The number of rotatable bonds is 5. The number of carbonyl (C=O) groups is 2. The second kappa shape index (κ2) is 9.00. The van der Waals surface area contributed by atoms with Gasteiger partial charge in [-0.1, -0.05) is 48.0 Å². The van der Waals surface area contributed by atoms with Crippen molar-refractivity contribution in [3.8, 4) is 17.2 Å². The molecule has 5 nitrogen and oxygen atoms in total. The molecule has 7 heteroatoms. The number of anilines is 1. The van der Waals surface area contributed by atoms with Gasteiger partial charge in [-0.2, -0.15) is 5.26 Å². The van der Waals surface area contributed by atoms with Gasteiger partial charge >= 0.3 is 5.97 Å². The average Bonchev–Trinajstić information content (AvgIpc) is 2.74. The SMILES string of the molecule is N#Cc1ccccc1-c1ccccc1C(=O)OCC(=O)Nc1ccc(Cl)cc1F. The molecule has 0 radical (unpaired) electrons. The molecular formula is C22H14ClFN2O3. The Morgan fingerprint density at radius 3 is 2.45 bits per heavy atom. The van der Waals surface area contributed by atoms with Gasteiger partial charge in [0.2, 0.25) is 0 Å². The molecule has 0 saturated carbocycles. The van der Waals surface area contributed by atoms with Gasteiger partial charge in [-0.15, -0.1) is 0 Å².